The van der Waals surface area contributed by atoms with Crippen molar-refractivity contribution in [3.8, 4) is 0 Å². The van der Waals surface area contributed by atoms with Crippen LogP contribution < -0.4 is 5.32 Å². The SMILES string of the molecule is CCN1CCC(CNCc2c(C)nc3scc(C)n23)C1. The molecule has 3 rings (SSSR count). The first-order chi connectivity index (χ1) is 9.69. The number of aryl methyl sites for hydroxylation is 2. The predicted octanol–water partition coefficient (Wildman–Crippen LogP) is 2.44. The van der Waals surface area contributed by atoms with Gasteiger partial charge in [-0.1, -0.05) is 6.92 Å². The summed E-state index contributed by atoms with van der Waals surface area (Å²) >= 11 is 1.73. The Morgan fingerprint density at radius 1 is 1.45 bits per heavy atom. The van der Waals surface area contributed by atoms with Crippen molar-refractivity contribution in [3.05, 3.63) is 22.5 Å². The number of nitrogens with one attached hydrogen (secondary N) is 1. The molecule has 1 atom stereocenters. The molecule has 3 heterocycles. The molecule has 0 radical (unpaired) electrons. The van der Waals surface area contributed by atoms with E-state index in [1.807, 2.05) is 0 Å². The van der Waals surface area contributed by atoms with Crippen molar-refractivity contribution in [2.45, 2.75) is 33.7 Å². The van der Waals surface area contributed by atoms with Crippen LogP contribution in [0.3, 0.4) is 0 Å². The van der Waals surface area contributed by atoms with E-state index in [-0.39, 0.29) is 0 Å². The molecule has 1 aliphatic heterocycles. The van der Waals surface area contributed by atoms with Crippen LogP contribution >= 0.6 is 11.3 Å². The van der Waals surface area contributed by atoms with Gasteiger partial charge in [0.05, 0.1) is 11.4 Å². The highest BCUT2D eigenvalue weighted by Gasteiger charge is 2.21. The van der Waals surface area contributed by atoms with E-state index in [2.05, 4.69) is 45.8 Å². The first-order valence-electron chi connectivity index (χ1n) is 7.54. The summed E-state index contributed by atoms with van der Waals surface area (Å²) in [5, 5.41) is 5.82. The lowest BCUT2D eigenvalue weighted by Gasteiger charge is -2.14. The van der Waals surface area contributed by atoms with Crippen molar-refractivity contribution < 1.29 is 0 Å². The highest BCUT2D eigenvalue weighted by molar-refractivity contribution is 7.15. The first-order valence-corrected chi connectivity index (χ1v) is 8.42. The third-order valence-corrected chi connectivity index (χ3v) is 5.32. The summed E-state index contributed by atoms with van der Waals surface area (Å²) in [7, 11) is 0. The number of imidazole rings is 1. The van der Waals surface area contributed by atoms with Crippen LogP contribution in [0.15, 0.2) is 5.38 Å². The van der Waals surface area contributed by atoms with E-state index in [1.165, 1.54) is 37.4 Å². The van der Waals surface area contributed by atoms with Crippen molar-refractivity contribution in [1.29, 1.82) is 0 Å². The van der Waals surface area contributed by atoms with Crippen LogP contribution in [0, 0.1) is 19.8 Å². The Morgan fingerprint density at radius 3 is 3.05 bits per heavy atom. The van der Waals surface area contributed by atoms with Crippen LogP contribution in [0.4, 0.5) is 0 Å². The fraction of sp³-hybridized carbons (Fsp3) is 0.667. The Morgan fingerprint density at radius 2 is 2.30 bits per heavy atom. The maximum Gasteiger partial charge on any atom is 0.194 e. The molecule has 1 N–H and O–H groups in total. The summed E-state index contributed by atoms with van der Waals surface area (Å²) in [5.41, 5.74) is 3.78. The maximum atomic E-state index is 4.64. The number of fused-ring (bicyclic) bond motifs is 1. The number of hydrogen-bond acceptors (Lipinski definition) is 4. The largest absolute Gasteiger partial charge is 0.311 e. The average molecular weight is 292 g/mol. The van der Waals surface area contributed by atoms with Crippen LogP contribution in [0.25, 0.3) is 4.96 Å². The average Bonchev–Trinajstić information content (AvgIpc) is 3.10. The highest BCUT2D eigenvalue weighted by atomic mass is 32.1. The van der Waals surface area contributed by atoms with Gasteiger partial charge in [-0.25, -0.2) is 4.98 Å². The van der Waals surface area contributed by atoms with E-state index >= 15 is 0 Å². The van der Waals surface area contributed by atoms with Crippen molar-refractivity contribution in [2.75, 3.05) is 26.2 Å². The molecular weight excluding hydrogens is 268 g/mol. The number of aromatic nitrogens is 2. The monoisotopic (exact) mass is 292 g/mol. The van der Waals surface area contributed by atoms with Crippen LogP contribution in [0.2, 0.25) is 0 Å². The van der Waals surface area contributed by atoms with Crippen LogP contribution in [0.5, 0.6) is 0 Å². The zero-order chi connectivity index (χ0) is 14.1. The smallest absolute Gasteiger partial charge is 0.194 e. The number of likely N-dealkylation sites (tertiary alicyclic amines) is 1. The standard InChI is InChI=1S/C15H24N4S/c1-4-18-6-5-13(9-18)7-16-8-14-12(3)17-15-19(14)11(2)10-20-15/h10,13,16H,4-9H2,1-3H3. The molecule has 1 saturated heterocycles. The molecule has 5 heteroatoms. The minimum Gasteiger partial charge on any atom is -0.311 e. The van der Waals surface area contributed by atoms with Gasteiger partial charge in [-0.05, 0) is 45.8 Å². The molecular formula is C15H24N4S. The summed E-state index contributed by atoms with van der Waals surface area (Å²) < 4.78 is 2.29. The van der Waals surface area contributed by atoms with Gasteiger partial charge in [-0.3, -0.25) is 4.40 Å². The zero-order valence-corrected chi connectivity index (χ0v) is 13.5. The fourth-order valence-corrected chi connectivity index (χ4v) is 4.07. The van der Waals surface area contributed by atoms with Crippen molar-refractivity contribution in [2.24, 2.45) is 5.92 Å². The van der Waals surface area contributed by atoms with Crippen molar-refractivity contribution in [3.63, 3.8) is 0 Å². The fourth-order valence-electron chi connectivity index (χ4n) is 3.14. The Labute approximate surface area is 124 Å². The number of rotatable bonds is 5. The molecule has 0 aromatic carbocycles. The van der Waals surface area contributed by atoms with Crippen molar-refractivity contribution in [1.82, 2.24) is 19.6 Å². The topological polar surface area (TPSA) is 32.6 Å². The van der Waals surface area contributed by atoms with Gasteiger partial charge >= 0.3 is 0 Å². The van der Waals surface area contributed by atoms with E-state index in [0.717, 1.165) is 29.7 Å². The minimum absolute atomic E-state index is 0.808. The Balaban J connectivity index is 1.60. The Kier molecular flexibility index (Phi) is 4.10. The molecule has 110 valence electrons. The lowest BCUT2D eigenvalue weighted by atomic mass is 10.1. The predicted molar refractivity (Wildman–Crippen MR) is 84.5 cm³/mol. The molecule has 4 nitrogen and oxygen atoms in total. The quantitative estimate of drug-likeness (QED) is 0.919. The molecule has 1 fully saturated rings. The molecule has 0 amide bonds. The van der Waals surface area contributed by atoms with Gasteiger partial charge in [0, 0.05) is 24.2 Å². The lowest BCUT2D eigenvalue weighted by molar-refractivity contribution is 0.338. The molecule has 2 aromatic heterocycles. The third kappa shape index (κ3) is 2.62. The molecule has 0 saturated carbocycles. The van der Waals surface area contributed by atoms with Gasteiger partial charge in [0.25, 0.3) is 0 Å². The molecule has 2 aromatic rings. The second-order valence-corrected chi connectivity index (χ2v) is 6.65. The van der Waals surface area contributed by atoms with Crippen LogP contribution in [-0.4, -0.2) is 40.5 Å². The third-order valence-electron chi connectivity index (χ3n) is 4.37. The van der Waals surface area contributed by atoms with E-state index in [4.69, 9.17) is 0 Å². The second-order valence-electron chi connectivity index (χ2n) is 5.82. The van der Waals surface area contributed by atoms with Gasteiger partial charge in [0.1, 0.15) is 0 Å². The molecule has 0 bridgehead atoms. The maximum absolute atomic E-state index is 4.64. The summed E-state index contributed by atoms with van der Waals surface area (Å²) in [4.78, 5) is 8.30. The van der Waals surface area contributed by atoms with Gasteiger partial charge in [0.15, 0.2) is 4.96 Å². The van der Waals surface area contributed by atoms with Gasteiger partial charge in [-0.15, -0.1) is 11.3 Å². The zero-order valence-electron chi connectivity index (χ0n) is 12.6. The van der Waals surface area contributed by atoms with Gasteiger partial charge < -0.3 is 10.2 Å². The van der Waals surface area contributed by atoms with Crippen LogP contribution in [0.1, 0.15) is 30.4 Å². The highest BCUT2D eigenvalue weighted by Crippen LogP contribution is 2.20. The Hall–Kier alpha value is -0.910. The number of nitrogens with zero attached hydrogens (tertiary/aromatic N) is 3. The van der Waals surface area contributed by atoms with E-state index in [0.29, 0.717) is 0 Å². The molecule has 0 spiro atoms. The number of thiazole rings is 1. The van der Waals surface area contributed by atoms with Gasteiger partial charge in [0.2, 0.25) is 0 Å². The summed E-state index contributed by atoms with van der Waals surface area (Å²) in [6.07, 6.45) is 1.33. The normalized spacial score (nSPS) is 20.2. The van der Waals surface area contributed by atoms with Gasteiger partial charge in [-0.2, -0.15) is 0 Å². The first kappa shape index (κ1) is 14.0. The minimum atomic E-state index is 0.808. The molecule has 0 aliphatic carbocycles. The molecule has 20 heavy (non-hydrogen) atoms. The number of hydrogen-bond donors (Lipinski definition) is 1. The van der Waals surface area contributed by atoms with E-state index in [1.54, 1.807) is 11.3 Å². The summed E-state index contributed by atoms with van der Waals surface area (Å²) in [6.45, 7) is 12.3. The van der Waals surface area contributed by atoms with E-state index < -0.39 is 0 Å². The summed E-state index contributed by atoms with van der Waals surface area (Å²) in [5.74, 6) is 0.808. The molecule has 1 unspecified atom stereocenters. The summed E-state index contributed by atoms with van der Waals surface area (Å²) in [6, 6.07) is 0. The Bertz CT molecular complexity index is 586. The second kappa shape index (κ2) is 5.84. The van der Waals surface area contributed by atoms with Crippen LogP contribution in [-0.2, 0) is 6.54 Å². The lowest BCUT2D eigenvalue weighted by Crippen LogP contribution is -2.26. The molecule has 1 aliphatic rings. The van der Waals surface area contributed by atoms with Crippen molar-refractivity contribution >= 4 is 16.3 Å². The van der Waals surface area contributed by atoms with E-state index in [9.17, 15) is 0 Å².